The monoisotopic (exact) mass is 262 g/mol. The predicted molar refractivity (Wildman–Crippen MR) is 57.3 cm³/mol. The molecule has 1 unspecified atom stereocenters. The molecule has 0 aromatic rings. The lowest BCUT2D eigenvalue weighted by Gasteiger charge is -2.27. The minimum Gasteiger partial charge on any atom is -0.457 e. The lowest BCUT2D eigenvalue weighted by Crippen LogP contribution is -2.44. The van der Waals surface area contributed by atoms with Crippen LogP contribution in [0.3, 0.4) is 0 Å². The van der Waals surface area contributed by atoms with Crippen molar-refractivity contribution in [1.82, 2.24) is 0 Å². The summed E-state index contributed by atoms with van der Waals surface area (Å²) in [6, 6.07) is 0. The summed E-state index contributed by atoms with van der Waals surface area (Å²) in [5, 5.41) is 18.6. The summed E-state index contributed by atoms with van der Waals surface area (Å²) in [6.45, 7) is 4.20. The summed E-state index contributed by atoms with van der Waals surface area (Å²) in [4.78, 5) is 11.1. The average Bonchev–Trinajstić information content (AvgIpc) is 2.71. The van der Waals surface area contributed by atoms with Gasteiger partial charge in [0.1, 0.15) is 12.2 Å². The maximum Gasteiger partial charge on any atom is 0.303 e. The van der Waals surface area contributed by atoms with Gasteiger partial charge in [-0.2, -0.15) is 0 Å². The second-order valence-corrected chi connectivity index (χ2v) is 4.89. The van der Waals surface area contributed by atoms with E-state index in [0.717, 1.165) is 0 Å². The highest BCUT2D eigenvalue weighted by Gasteiger charge is 2.57. The van der Waals surface area contributed by atoms with Gasteiger partial charge in [0.15, 0.2) is 24.3 Å². The molecule has 18 heavy (non-hydrogen) atoms. The standard InChI is InChI=1S/C11H18O7/c1-5(13)15-8-7(6(14)4-12)16-10-9(8)17-11(2,3)18-10/h6-10,12,14H,4H2,1-3H3/t6?,7-,8+,9-,10-/m1/s1. The first kappa shape index (κ1) is 13.7. The van der Waals surface area contributed by atoms with Crippen molar-refractivity contribution in [2.45, 2.75) is 57.3 Å². The molecule has 2 aliphatic heterocycles. The van der Waals surface area contributed by atoms with Crippen LogP contribution in [0.4, 0.5) is 0 Å². The van der Waals surface area contributed by atoms with Gasteiger partial charge in [-0.15, -0.1) is 0 Å². The predicted octanol–water partition coefficient (Wildman–Crippen LogP) is -0.852. The summed E-state index contributed by atoms with van der Waals surface area (Å²) in [6.07, 6.45) is -4.12. The minimum absolute atomic E-state index is 0.495. The van der Waals surface area contributed by atoms with E-state index in [9.17, 15) is 9.90 Å². The molecule has 2 rings (SSSR count). The molecule has 2 N–H and O–H groups in total. The summed E-state index contributed by atoms with van der Waals surface area (Å²) in [5.41, 5.74) is 0. The molecule has 2 heterocycles. The third-order valence-electron chi connectivity index (χ3n) is 2.90. The van der Waals surface area contributed by atoms with E-state index in [4.69, 9.17) is 24.1 Å². The third-order valence-corrected chi connectivity index (χ3v) is 2.90. The molecular weight excluding hydrogens is 244 g/mol. The number of fused-ring (bicyclic) bond motifs is 1. The number of carbonyl (C=O) groups excluding carboxylic acids is 1. The van der Waals surface area contributed by atoms with Gasteiger partial charge in [-0.25, -0.2) is 0 Å². The van der Waals surface area contributed by atoms with Crippen LogP contribution in [-0.4, -0.2) is 59.3 Å². The molecule has 0 aliphatic carbocycles. The van der Waals surface area contributed by atoms with Crippen LogP contribution < -0.4 is 0 Å². The van der Waals surface area contributed by atoms with Gasteiger partial charge < -0.3 is 29.2 Å². The first-order valence-corrected chi connectivity index (χ1v) is 5.81. The maximum absolute atomic E-state index is 11.1. The third kappa shape index (κ3) is 2.50. The molecule has 2 aliphatic rings. The van der Waals surface area contributed by atoms with E-state index >= 15 is 0 Å². The molecule has 0 amide bonds. The fraction of sp³-hybridized carbons (Fsp3) is 0.909. The van der Waals surface area contributed by atoms with Crippen molar-refractivity contribution in [3.63, 3.8) is 0 Å². The van der Waals surface area contributed by atoms with Crippen molar-refractivity contribution >= 4 is 5.97 Å². The molecule has 0 spiro atoms. The van der Waals surface area contributed by atoms with E-state index < -0.39 is 49.1 Å². The van der Waals surface area contributed by atoms with Crippen molar-refractivity contribution in [3.8, 4) is 0 Å². The SMILES string of the molecule is CC(=O)O[C@@H]1[C@H]2OC(C)(C)O[C@H]2O[C@@H]1C(O)CO. The molecule has 5 atom stereocenters. The summed E-state index contributed by atoms with van der Waals surface area (Å²) in [5.74, 6) is -1.34. The fourth-order valence-corrected chi connectivity index (χ4v) is 2.24. The molecule has 0 aromatic carbocycles. The average molecular weight is 262 g/mol. The Hall–Kier alpha value is -0.730. The Labute approximate surface area is 105 Å². The Balaban J connectivity index is 2.14. The van der Waals surface area contributed by atoms with Crippen molar-refractivity contribution in [3.05, 3.63) is 0 Å². The van der Waals surface area contributed by atoms with Gasteiger partial charge >= 0.3 is 5.97 Å². The van der Waals surface area contributed by atoms with Crippen LogP contribution in [0, 0.1) is 0 Å². The molecule has 7 heteroatoms. The van der Waals surface area contributed by atoms with Gasteiger partial charge in [-0.05, 0) is 13.8 Å². The van der Waals surface area contributed by atoms with E-state index in [1.54, 1.807) is 13.8 Å². The molecule has 7 nitrogen and oxygen atoms in total. The lowest BCUT2D eigenvalue weighted by molar-refractivity contribution is -0.230. The van der Waals surface area contributed by atoms with Crippen LogP contribution in [0.1, 0.15) is 20.8 Å². The topological polar surface area (TPSA) is 94.5 Å². The Morgan fingerprint density at radius 3 is 2.67 bits per heavy atom. The van der Waals surface area contributed by atoms with Crippen LogP contribution in [0.25, 0.3) is 0 Å². The second-order valence-electron chi connectivity index (χ2n) is 4.89. The normalized spacial score (nSPS) is 39.4. The molecule has 0 radical (unpaired) electrons. The maximum atomic E-state index is 11.1. The highest BCUT2D eigenvalue weighted by Crippen LogP contribution is 2.39. The van der Waals surface area contributed by atoms with Crippen molar-refractivity contribution < 1.29 is 34.0 Å². The quantitative estimate of drug-likeness (QED) is 0.639. The van der Waals surface area contributed by atoms with E-state index in [2.05, 4.69) is 0 Å². The van der Waals surface area contributed by atoms with Crippen LogP contribution in [0.5, 0.6) is 0 Å². The number of ether oxygens (including phenoxy) is 4. The van der Waals surface area contributed by atoms with Crippen LogP contribution >= 0.6 is 0 Å². The second kappa shape index (κ2) is 4.75. The largest absolute Gasteiger partial charge is 0.457 e. The van der Waals surface area contributed by atoms with Gasteiger partial charge in [0.2, 0.25) is 0 Å². The minimum atomic E-state index is -1.16. The zero-order chi connectivity index (χ0) is 13.5. The van der Waals surface area contributed by atoms with Gasteiger partial charge in [0, 0.05) is 6.92 Å². The van der Waals surface area contributed by atoms with E-state index in [0.29, 0.717) is 0 Å². The van der Waals surface area contributed by atoms with Crippen molar-refractivity contribution in [2.24, 2.45) is 0 Å². The van der Waals surface area contributed by atoms with Gasteiger partial charge in [-0.3, -0.25) is 4.79 Å². The zero-order valence-electron chi connectivity index (χ0n) is 10.5. The molecule has 2 saturated heterocycles. The fourth-order valence-electron chi connectivity index (χ4n) is 2.24. The number of hydrogen-bond donors (Lipinski definition) is 2. The van der Waals surface area contributed by atoms with E-state index in [1.807, 2.05) is 0 Å². The zero-order valence-corrected chi connectivity index (χ0v) is 10.5. The first-order valence-electron chi connectivity index (χ1n) is 5.81. The molecule has 0 bridgehead atoms. The molecule has 0 aromatic heterocycles. The highest BCUT2D eigenvalue weighted by molar-refractivity contribution is 5.66. The van der Waals surface area contributed by atoms with Gasteiger partial charge in [0.25, 0.3) is 0 Å². The van der Waals surface area contributed by atoms with Crippen molar-refractivity contribution in [2.75, 3.05) is 6.61 Å². The number of carbonyl (C=O) groups is 1. The van der Waals surface area contributed by atoms with E-state index in [1.165, 1.54) is 6.92 Å². The van der Waals surface area contributed by atoms with Crippen LogP contribution in [0.2, 0.25) is 0 Å². The highest BCUT2D eigenvalue weighted by atomic mass is 16.8. The number of aliphatic hydroxyl groups excluding tert-OH is 2. The Bertz CT molecular complexity index is 329. The molecular formula is C11H18O7. The summed E-state index contributed by atoms with van der Waals surface area (Å²) in [7, 11) is 0. The van der Waals surface area contributed by atoms with Crippen LogP contribution in [0.15, 0.2) is 0 Å². The van der Waals surface area contributed by atoms with Gasteiger partial charge in [0.05, 0.1) is 6.61 Å². The summed E-state index contributed by atoms with van der Waals surface area (Å²) >= 11 is 0. The Kier molecular flexibility index (Phi) is 3.61. The molecule has 2 fully saturated rings. The number of rotatable bonds is 3. The Morgan fingerprint density at radius 2 is 2.11 bits per heavy atom. The van der Waals surface area contributed by atoms with Gasteiger partial charge in [-0.1, -0.05) is 0 Å². The molecule has 104 valence electrons. The van der Waals surface area contributed by atoms with E-state index in [-0.39, 0.29) is 0 Å². The van der Waals surface area contributed by atoms with Crippen LogP contribution in [-0.2, 0) is 23.7 Å². The Morgan fingerprint density at radius 1 is 1.44 bits per heavy atom. The first-order chi connectivity index (χ1) is 8.34. The number of esters is 1. The number of hydrogen-bond acceptors (Lipinski definition) is 7. The lowest BCUT2D eigenvalue weighted by atomic mass is 10.1. The summed E-state index contributed by atoms with van der Waals surface area (Å²) < 4.78 is 21.6. The molecule has 0 saturated carbocycles. The smallest absolute Gasteiger partial charge is 0.303 e. The van der Waals surface area contributed by atoms with Crippen molar-refractivity contribution in [1.29, 1.82) is 0 Å². The number of aliphatic hydroxyl groups is 2.